The summed E-state index contributed by atoms with van der Waals surface area (Å²) in [5, 5.41) is 17.9. The summed E-state index contributed by atoms with van der Waals surface area (Å²) in [6, 6.07) is 2.91. The second-order valence-electron chi connectivity index (χ2n) is 2.09. The highest BCUT2D eigenvalue weighted by molar-refractivity contribution is 9.11. The zero-order chi connectivity index (χ0) is 9.30. The molecular formula is C7H10AlBr2O6. The highest BCUT2D eigenvalue weighted by atomic mass is 79.9. The molecule has 1 aromatic rings. The monoisotopic (exact) mass is 375 g/mol. The van der Waals surface area contributed by atoms with Gasteiger partial charge in [-0.15, -0.1) is 0 Å². The third kappa shape index (κ3) is 5.81. The Morgan fingerprint density at radius 3 is 1.94 bits per heavy atom. The Balaban J connectivity index is -0.000000180. The molecule has 0 atom stereocenters. The van der Waals surface area contributed by atoms with E-state index in [1.807, 2.05) is 0 Å². The maximum absolute atomic E-state index is 10.5. The van der Waals surface area contributed by atoms with Gasteiger partial charge in [0.1, 0.15) is 11.3 Å². The Morgan fingerprint density at radius 2 is 1.56 bits per heavy atom. The van der Waals surface area contributed by atoms with Gasteiger partial charge in [0.25, 0.3) is 0 Å². The van der Waals surface area contributed by atoms with Gasteiger partial charge in [0.15, 0.2) is 0 Å². The lowest BCUT2D eigenvalue weighted by molar-refractivity contribution is 0.0693. The van der Waals surface area contributed by atoms with Crippen molar-refractivity contribution in [2.75, 3.05) is 0 Å². The first kappa shape index (κ1) is 24.9. The Hall–Kier alpha value is -0.138. The molecule has 9 heteroatoms. The Morgan fingerprint density at radius 1 is 1.12 bits per heavy atom. The summed E-state index contributed by atoms with van der Waals surface area (Å²) in [6.07, 6.45) is 0. The highest BCUT2D eigenvalue weighted by Gasteiger charge is 2.12. The van der Waals surface area contributed by atoms with E-state index >= 15 is 0 Å². The normalized spacial score (nSPS) is 7.38. The lowest BCUT2D eigenvalue weighted by Gasteiger charge is -2.02. The summed E-state index contributed by atoms with van der Waals surface area (Å²) >= 11 is 6.13. The number of halogens is 2. The molecule has 16 heavy (non-hydrogen) atoms. The number of carboxylic acid groups (broad SMARTS) is 1. The first-order valence-electron chi connectivity index (χ1n) is 2.93. The van der Waals surface area contributed by atoms with E-state index < -0.39 is 5.97 Å². The zero-order valence-corrected chi connectivity index (χ0v) is 12.1. The van der Waals surface area contributed by atoms with Gasteiger partial charge >= 0.3 is 5.97 Å². The summed E-state index contributed by atoms with van der Waals surface area (Å²) in [6.45, 7) is 0. The molecule has 0 heterocycles. The minimum absolute atomic E-state index is 0. The van der Waals surface area contributed by atoms with E-state index in [-0.39, 0.29) is 45.1 Å². The predicted octanol–water partition coefficient (Wildman–Crippen LogP) is -0.240. The first-order valence-corrected chi connectivity index (χ1v) is 4.52. The van der Waals surface area contributed by atoms with Gasteiger partial charge in [0.2, 0.25) is 0 Å². The van der Waals surface area contributed by atoms with Crippen LogP contribution in [-0.2, 0) is 0 Å². The van der Waals surface area contributed by atoms with Gasteiger partial charge < -0.3 is 26.6 Å². The van der Waals surface area contributed by atoms with Crippen molar-refractivity contribution < 1.29 is 31.4 Å². The van der Waals surface area contributed by atoms with Gasteiger partial charge in [-0.1, -0.05) is 15.9 Å². The molecule has 0 amide bonds. The lowest BCUT2D eigenvalue weighted by atomic mass is 10.2. The average Bonchev–Trinajstić information content (AvgIpc) is 1.96. The van der Waals surface area contributed by atoms with Crippen LogP contribution in [0, 0.1) is 0 Å². The van der Waals surface area contributed by atoms with Gasteiger partial charge in [0.05, 0.1) is 4.47 Å². The number of aromatic carboxylic acids is 1. The van der Waals surface area contributed by atoms with Crippen LogP contribution in [0.3, 0.4) is 0 Å². The third-order valence-electron chi connectivity index (χ3n) is 1.26. The quantitative estimate of drug-likeness (QED) is 0.650. The molecule has 91 valence electrons. The van der Waals surface area contributed by atoms with E-state index in [9.17, 15) is 9.90 Å². The van der Waals surface area contributed by atoms with Gasteiger partial charge in [-0.05, 0) is 28.1 Å². The fraction of sp³-hybridized carbons (Fsp3) is 0. The second-order valence-corrected chi connectivity index (χ2v) is 3.86. The number of phenols is 1. The Kier molecular flexibility index (Phi) is 15.6. The molecule has 0 aromatic heterocycles. The van der Waals surface area contributed by atoms with Gasteiger partial charge in [-0.3, -0.25) is 0 Å². The number of hydrogen-bond acceptors (Lipinski definition) is 2. The van der Waals surface area contributed by atoms with Crippen LogP contribution in [-0.4, -0.2) is 50.0 Å². The summed E-state index contributed by atoms with van der Waals surface area (Å²) in [7, 11) is 0. The molecule has 0 spiro atoms. The minimum atomic E-state index is -1.16. The van der Waals surface area contributed by atoms with Crippen molar-refractivity contribution in [1.82, 2.24) is 0 Å². The van der Waals surface area contributed by atoms with Crippen LogP contribution in [0.4, 0.5) is 0 Å². The minimum Gasteiger partial charge on any atom is -0.506 e. The maximum atomic E-state index is 10.5. The standard InChI is InChI=1S/C7H4Br2O3.Al.3H2O/c8-3-1-4(7(11)12)6(10)5(9)2-3;;;;/h1-2,10H,(H,11,12);;3*1H2. The third-order valence-corrected chi connectivity index (χ3v) is 2.32. The molecule has 3 radical (unpaired) electrons. The van der Waals surface area contributed by atoms with Crippen molar-refractivity contribution in [2.24, 2.45) is 0 Å². The van der Waals surface area contributed by atoms with E-state index in [4.69, 9.17) is 5.11 Å². The van der Waals surface area contributed by atoms with Crippen LogP contribution < -0.4 is 0 Å². The lowest BCUT2D eigenvalue weighted by Crippen LogP contribution is -1.96. The summed E-state index contributed by atoms with van der Waals surface area (Å²) < 4.78 is 0.957. The van der Waals surface area contributed by atoms with Crippen LogP contribution in [0.25, 0.3) is 0 Å². The van der Waals surface area contributed by atoms with E-state index in [2.05, 4.69) is 31.9 Å². The van der Waals surface area contributed by atoms with Crippen molar-refractivity contribution in [1.29, 1.82) is 0 Å². The van der Waals surface area contributed by atoms with Gasteiger partial charge in [-0.25, -0.2) is 4.79 Å². The summed E-state index contributed by atoms with van der Waals surface area (Å²) in [5.41, 5.74) is -0.128. The number of carboxylic acids is 1. The van der Waals surface area contributed by atoms with E-state index in [1.165, 1.54) is 6.07 Å². The molecule has 1 aromatic carbocycles. The Bertz CT molecular complexity index is 346. The molecule has 0 saturated carbocycles. The van der Waals surface area contributed by atoms with Crippen LogP contribution >= 0.6 is 31.9 Å². The van der Waals surface area contributed by atoms with Crippen molar-refractivity contribution >= 4 is 55.2 Å². The fourth-order valence-electron chi connectivity index (χ4n) is 0.729. The summed E-state index contributed by atoms with van der Waals surface area (Å²) in [5.74, 6) is -1.42. The fourth-order valence-corrected chi connectivity index (χ4v) is 1.95. The van der Waals surface area contributed by atoms with Crippen molar-refractivity contribution in [3.8, 4) is 5.75 Å². The molecule has 0 fully saturated rings. The van der Waals surface area contributed by atoms with E-state index in [0.29, 0.717) is 8.95 Å². The number of benzene rings is 1. The molecule has 0 aliphatic rings. The molecule has 0 aliphatic carbocycles. The number of rotatable bonds is 1. The molecule has 1 rings (SSSR count). The molecule has 8 N–H and O–H groups in total. The summed E-state index contributed by atoms with van der Waals surface area (Å²) in [4.78, 5) is 10.5. The van der Waals surface area contributed by atoms with E-state index in [0.717, 1.165) is 0 Å². The topological polar surface area (TPSA) is 152 Å². The first-order chi connectivity index (χ1) is 5.52. The molecule has 0 unspecified atom stereocenters. The maximum Gasteiger partial charge on any atom is 0.339 e. The Labute approximate surface area is 119 Å². The van der Waals surface area contributed by atoms with Crippen LogP contribution in [0.15, 0.2) is 21.1 Å². The molecule has 0 bridgehead atoms. The molecular weight excluding hydrogens is 367 g/mol. The van der Waals surface area contributed by atoms with Crippen LogP contribution in [0.5, 0.6) is 5.75 Å². The number of carbonyl (C=O) groups is 1. The number of aromatic hydroxyl groups is 1. The average molecular weight is 377 g/mol. The van der Waals surface area contributed by atoms with Crippen molar-refractivity contribution in [3.63, 3.8) is 0 Å². The molecule has 6 nitrogen and oxygen atoms in total. The largest absolute Gasteiger partial charge is 0.506 e. The van der Waals surface area contributed by atoms with Crippen molar-refractivity contribution in [3.05, 3.63) is 26.6 Å². The predicted molar refractivity (Wildman–Crippen MR) is 67.1 cm³/mol. The number of hydrogen-bond donors (Lipinski definition) is 2. The highest BCUT2D eigenvalue weighted by Crippen LogP contribution is 2.31. The van der Waals surface area contributed by atoms with E-state index in [1.54, 1.807) is 6.07 Å². The van der Waals surface area contributed by atoms with Crippen LogP contribution in [0.2, 0.25) is 0 Å². The van der Waals surface area contributed by atoms with Gasteiger partial charge in [-0.2, -0.15) is 0 Å². The molecule has 0 aliphatic heterocycles. The second kappa shape index (κ2) is 10.0. The molecule has 0 saturated heterocycles. The van der Waals surface area contributed by atoms with Crippen LogP contribution in [0.1, 0.15) is 10.4 Å². The smallest absolute Gasteiger partial charge is 0.339 e. The van der Waals surface area contributed by atoms with Gasteiger partial charge in [0, 0.05) is 21.8 Å². The zero-order valence-electron chi connectivity index (χ0n) is 7.79. The van der Waals surface area contributed by atoms with Crippen molar-refractivity contribution in [2.45, 2.75) is 0 Å². The SMILES string of the molecule is O.O.O.O=C(O)c1cc(Br)cc(Br)c1O.[Al].